The molecule has 0 aliphatic carbocycles. The molecule has 0 aromatic carbocycles. The minimum absolute atomic E-state index is 0.0318. The van der Waals surface area contributed by atoms with E-state index in [9.17, 15) is 0 Å². The minimum atomic E-state index is 0.0318. The van der Waals surface area contributed by atoms with Crippen LogP contribution in [-0.2, 0) is 9.47 Å². The van der Waals surface area contributed by atoms with Gasteiger partial charge in [0.25, 0.3) is 0 Å². The fourth-order valence-electron chi connectivity index (χ4n) is 3.66. The van der Waals surface area contributed by atoms with Crippen molar-refractivity contribution in [2.45, 2.75) is 44.7 Å². The van der Waals surface area contributed by atoms with Gasteiger partial charge in [-0.1, -0.05) is 0 Å². The monoisotopic (exact) mass is 369 g/mol. The molecular formula is C19H39N5O2. The summed E-state index contributed by atoms with van der Waals surface area (Å²) in [5, 5.41) is 6.99. The van der Waals surface area contributed by atoms with E-state index in [0.29, 0.717) is 0 Å². The number of ether oxygens (including phenoxy) is 2. The van der Waals surface area contributed by atoms with Crippen molar-refractivity contribution in [3.63, 3.8) is 0 Å². The second-order valence-electron chi connectivity index (χ2n) is 8.19. The summed E-state index contributed by atoms with van der Waals surface area (Å²) in [6.45, 7) is 14.4. The lowest BCUT2D eigenvalue weighted by molar-refractivity contribution is -0.00716. The lowest BCUT2D eigenvalue weighted by Gasteiger charge is -2.43. The van der Waals surface area contributed by atoms with Crippen LogP contribution in [0.1, 0.15) is 33.6 Å². The Morgan fingerprint density at radius 2 is 1.69 bits per heavy atom. The van der Waals surface area contributed by atoms with Crippen LogP contribution in [0.2, 0.25) is 0 Å². The third-order valence-electron chi connectivity index (χ3n) is 5.79. The summed E-state index contributed by atoms with van der Waals surface area (Å²) in [4.78, 5) is 9.71. The number of rotatable bonds is 7. The molecule has 7 nitrogen and oxygen atoms in total. The van der Waals surface area contributed by atoms with E-state index in [-0.39, 0.29) is 11.1 Å². The highest BCUT2D eigenvalue weighted by atomic mass is 16.5. The Morgan fingerprint density at radius 3 is 2.27 bits per heavy atom. The van der Waals surface area contributed by atoms with Crippen molar-refractivity contribution < 1.29 is 9.47 Å². The van der Waals surface area contributed by atoms with Crippen LogP contribution in [0.15, 0.2) is 4.99 Å². The second-order valence-corrected chi connectivity index (χ2v) is 8.19. The van der Waals surface area contributed by atoms with Gasteiger partial charge in [0.1, 0.15) is 0 Å². The smallest absolute Gasteiger partial charge is 0.191 e. The number of hydrogen-bond acceptors (Lipinski definition) is 5. The number of morpholine rings is 1. The standard InChI is InChI=1S/C19H39N5O2/c1-6-20-17(21-15-18(2,3)24-9-13-26-14-10-24)22-16-19(23(4)5)7-11-25-12-8-19/h6-16H2,1-5H3,(H2,20,21,22). The Morgan fingerprint density at radius 1 is 1.08 bits per heavy atom. The van der Waals surface area contributed by atoms with Crippen molar-refractivity contribution in [2.75, 3.05) is 73.2 Å². The molecule has 0 aromatic heterocycles. The highest BCUT2D eigenvalue weighted by Gasteiger charge is 2.35. The number of guanidine groups is 1. The number of aliphatic imine (C=N–C) groups is 1. The lowest BCUT2D eigenvalue weighted by atomic mass is 9.88. The molecule has 0 aromatic rings. The maximum absolute atomic E-state index is 5.57. The first-order valence-corrected chi connectivity index (χ1v) is 10.00. The first-order chi connectivity index (χ1) is 12.4. The molecule has 0 unspecified atom stereocenters. The van der Waals surface area contributed by atoms with Crippen molar-refractivity contribution in [3.05, 3.63) is 0 Å². The van der Waals surface area contributed by atoms with Crippen molar-refractivity contribution in [2.24, 2.45) is 4.99 Å². The highest BCUT2D eigenvalue weighted by molar-refractivity contribution is 5.79. The number of nitrogens with one attached hydrogen (secondary N) is 2. The van der Waals surface area contributed by atoms with Crippen molar-refractivity contribution in [1.29, 1.82) is 0 Å². The van der Waals surface area contributed by atoms with E-state index in [1.165, 1.54) is 0 Å². The van der Waals surface area contributed by atoms with Crippen molar-refractivity contribution in [1.82, 2.24) is 20.4 Å². The maximum Gasteiger partial charge on any atom is 0.191 e. The molecular weight excluding hydrogens is 330 g/mol. The molecule has 0 amide bonds. The molecule has 2 fully saturated rings. The molecule has 7 heteroatoms. The number of likely N-dealkylation sites (N-methyl/N-ethyl adjacent to an activating group) is 1. The Balaban J connectivity index is 1.96. The van der Waals surface area contributed by atoms with E-state index in [2.05, 4.69) is 55.3 Å². The third kappa shape index (κ3) is 5.81. The van der Waals surface area contributed by atoms with Gasteiger partial charge >= 0.3 is 0 Å². The quantitative estimate of drug-likeness (QED) is 0.510. The average molecular weight is 370 g/mol. The first-order valence-electron chi connectivity index (χ1n) is 10.00. The molecule has 0 atom stereocenters. The van der Waals surface area contributed by atoms with E-state index in [1.807, 2.05) is 0 Å². The van der Waals surface area contributed by atoms with Crippen LogP contribution >= 0.6 is 0 Å². The van der Waals surface area contributed by atoms with E-state index in [1.54, 1.807) is 0 Å². The van der Waals surface area contributed by atoms with Crippen LogP contribution < -0.4 is 10.6 Å². The van der Waals surface area contributed by atoms with Gasteiger partial charge in [0.05, 0.1) is 19.8 Å². The molecule has 0 bridgehead atoms. The number of hydrogen-bond donors (Lipinski definition) is 2. The molecule has 2 aliphatic heterocycles. The topological polar surface area (TPSA) is 61.4 Å². The molecule has 0 radical (unpaired) electrons. The summed E-state index contributed by atoms with van der Waals surface area (Å²) in [6.07, 6.45) is 2.09. The SMILES string of the molecule is CCNC(=NCC(C)(C)N1CCOCC1)NCC1(N(C)C)CCOCC1. The van der Waals surface area contributed by atoms with Crippen LogP contribution in [0.5, 0.6) is 0 Å². The summed E-state index contributed by atoms with van der Waals surface area (Å²) in [5.74, 6) is 0.904. The van der Waals surface area contributed by atoms with Gasteiger partial charge < -0.3 is 25.0 Å². The summed E-state index contributed by atoms with van der Waals surface area (Å²) in [5.41, 5.74) is 0.165. The van der Waals surface area contributed by atoms with Gasteiger partial charge in [-0.3, -0.25) is 9.89 Å². The molecule has 2 N–H and O–H groups in total. The zero-order valence-electron chi connectivity index (χ0n) is 17.4. The fourth-order valence-corrected chi connectivity index (χ4v) is 3.66. The van der Waals surface area contributed by atoms with Gasteiger partial charge in [0.15, 0.2) is 5.96 Å². The van der Waals surface area contributed by atoms with E-state index < -0.39 is 0 Å². The van der Waals surface area contributed by atoms with Crippen LogP contribution in [0.4, 0.5) is 0 Å². The van der Waals surface area contributed by atoms with Crippen LogP contribution in [0.3, 0.4) is 0 Å². The fraction of sp³-hybridized carbons (Fsp3) is 0.947. The summed E-state index contributed by atoms with van der Waals surface area (Å²) in [7, 11) is 4.33. The molecule has 2 heterocycles. The van der Waals surface area contributed by atoms with Crippen LogP contribution in [0.25, 0.3) is 0 Å². The Kier molecular flexibility index (Phi) is 8.13. The molecule has 2 saturated heterocycles. The van der Waals surface area contributed by atoms with Crippen molar-refractivity contribution >= 4 is 5.96 Å². The first kappa shape index (κ1) is 21.4. The maximum atomic E-state index is 5.57. The zero-order chi connectivity index (χ0) is 19.0. The van der Waals surface area contributed by atoms with E-state index >= 15 is 0 Å². The minimum Gasteiger partial charge on any atom is -0.381 e. The van der Waals surface area contributed by atoms with E-state index in [4.69, 9.17) is 14.5 Å². The zero-order valence-corrected chi connectivity index (χ0v) is 17.4. The Hall–Kier alpha value is -0.890. The van der Waals surface area contributed by atoms with Gasteiger partial charge in [-0.05, 0) is 47.7 Å². The number of nitrogens with zero attached hydrogens (tertiary/aromatic N) is 3. The van der Waals surface area contributed by atoms with E-state index in [0.717, 1.165) is 78.0 Å². The van der Waals surface area contributed by atoms with Gasteiger partial charge in [0, 0.05) is 50.5 Å². The van der Waals surface area contributed by atoms with Crippen LogP contribution in [0, 0.1) is 0 Å². The lowest BCUT2D eigenvalue weighted by Crippen LogP contribution is -2.57. The van der Waals surface area contributed by atoms with Gasteiger partial charge in [-0.2, -0.15) is 0 Å². The predicted molar refractivity (Wildman–Crippen MR) is 107 cm³/mol. The Bertz CT molecular complexity index is 441. The van der Waals surface area contributed by atoms with Gasteiger partial charge in [-0.25, -0.2) is 0 Å². The molecule has 0 spiro atoms. The summed E-state index contributed by atoms with van der Waals surface area (Å²) >= 11 is 0. The predicted octanol–water partition coefficient (Wildman–Crippen LogP) is 0.763. The average Bonchev–Trinajstić information content (AvgIpc) is 2.65. The van der Waals surface area contributed by atoms with Crippen LogP contribution in [-0.4, -0.2) is 100 Å². The Labute approximate surface area is 159 Å². The summed E-state index contributed by atoms with van der Waals surface area (Å²) < 4.78 is 11.1. The molecule has 152 valence electrons. The second kappa shape index (κ2) is 9.88. The molecule has 2 rings (SSSR count). The van der Waals surface area contributed by atoms with Gasteiger partial charge in [-0.15, -0.1) is 0 Å². The summed E-state index contributed by atoms with van der Waals surface area (Å²) in [6, 6.07) is 0. The highest BCUT2D eigenvalue weighted by Crippen LogP contribution is 2.25. The normalized spacial score (nSPS) is 22.5. The molecule has 0 saturated carbocycles. The third-order valence-corrected chi connectivity index (χ3v) is 5.79. The molecule has 2 aliphatic rings. The largest absolute Gasteiger partial charge is 0.381 e. The van der Waals surface area contributed by atoms with Gasteiger partial charge in [0.2, 0.25) is 0 Å². The van der Waals surface area contributed by atoms with Crippen molar-refractivity contribution in [3.8, 4) is 0 Å². The molecule has 26 heavy (non-hydrogen) atoms.